The van der Waals surface area contributed by atoms with Crippen molar-refractivity contribution in [3.8, 4) is 0 Å². The smallest absolute Gasteiger partial charge is 0.0276 e. The maximum Gasteiger partial charge on any atom is -0.0276 e. The first kappa shape index (κ1) is 16.5. The Morgan fingerprint density at radius 3 is 0.958 bits per heavy atom. The van der Waals surface area contributed by atoms with Crippen molar-refractivity contribution in [3.05, 3.63) is 107 Å². The Kier molecular flexibility index (Phi) is 6.25. The molecule has 0 heteroatoms. The van der Waals surface area contributed by atoms with E-state index >= 15 is 0 Å². The van der Waals surface area contributed by atoms with E-state index in [4.69, 9.17) is 0 Å². The van der Waals surface area contributed by atoms with Crippen LogP contribution in [0, 0.1) is 0 Å². The Morgan fingerprint density at radius 1 is 0.333 bits per heavy atom. The fourth-order valence-electron chi connectivity index (χ4n) is 3.16. The monoisotopic (exact) mass is 314 g/mol. The Balaban J connectivity index is 1.40. The van der Waals surface area contributed by atoms with Crippen molar-refractivity contribution in [3.63, 3.8) is 0 Å². The zero-order valence-corrected chi connectivity index (χ0v) is 14.3. The number of benzene rings is 3. The van der Waals surface area contributed by atoms with Crippen LogP contribution >= 0.6 is 0 Å². The fourth-order valence-corrected chi connectivity index (χ4v) is 3.16. The predicted octanol–water partition coefficient (Wildman–Crippen LogP) is 6.04. The first-order chi connectivity index (χ1) is 11.9. The second-order valence-electron chi connectivity index (χ2n) is 6.49. The molecule has 0 radical (unpaired) electrons. The van der Waals surface area contributed by atoms with Crippen LogP contribution in [0.3, 0.4) is 0 Å². The summed E-state index contributed by atoms with van der Waals surface area (Å²) in [4.78, 5) is 0. The van der Waals surface area contributed by atoms with Gasteiger partial charge in [0, 0.05) is 0 Å². The van der Waals surface area contributed by atoms with Gasteiger partial charge >= 0.3 is 0 Å². The molecule has 3 aromatic rings. The molecule has 3 aromatic carbocycles. The molecule has 0 aliphatic carbocycles. The van der Waals surface area contributed by atoms with Gasteiger partial charge in [-0.3, -0.25) is 0 Å². The van der Waals surface area contributed by atoms with Crippen molar-refractivity contribution in [2.75, 3.05) is 0 Å². The van der Waals surface area contributed by atoms with E-state index in [0.717, 1.165) is 0 Å². The van der Waals surface area contributed by atoms with Crippen LogP contribution in [-0.4, -0.2) is 0 Å². The third kappa shape index (κ3) is 5.38. The van der Waals surface area contributed by atoms with Gasteiger partial charge in [0.25, 0.3) is 0 Å². The van der Waals surface area contributed by atoms with Gasteiger partial charge in [0.15, 0.2) is 0 Å². The van der Waals surface area contributed by atoms with E-state index < -0.39 is 0 Å². The second kappa shape index (κ2) is 9.08. The van der Waals surface area contributed by atoms with Crippen LogP contribution in [0.15, 0.2) is 84.9 Å². The molecule has 0 bridgehead atoms. The van der Waals surface area contributed by atoms with Gasteiger partial charge in [-0.15, -0.1) is 0 Å². The average Bonchev–Trinajstić information content (AvgIpc) is 2.65. The highest BCUT2D eigenvalue weighted by Gasteiger charge is 1.98. The topological polar surface area (TPSA) is 0 Å². The number of aryl methyl sites for hydroxylation is 4. The Hall–Kier alpha value is -2.34. The summed E-state index contributed by atoms with van der Waals surface area (Å²) in [5.74, 6) is 0. The molecule has 0 aliphatic rings. The number of rotatable bonds is 8. The zero-order chi connectivity index (χ0) is 16.5. The van der Waals surface area contributed by atoms with Crippen LogP contribution in [0.4, 0.5) is 0 Å². The van der Waals surface area contributed by atoms with Gasteiger partial charge < -0.3 is 0 Å². The largest absolute Gasteiger partial charge is 0.0622 e. The standard InChI is InChI=1S/C24H26/c1-3-9-21(10-4-1)13-7-15-23-17-19-24(20-18-23)16-8-14-22-11-5-2-6-12-22/h1-6,9-12,17-20H,7-8,13-16H2. The summed E-state index contributed by atoms with van der Waals surface area (Å²) in [5.41, 5.74) is 5.79. The van der Waals surface area contributed by atoms with Gasteiger partial charge in [-0.2, -0.15) is 0 Å². The third-order valence-corrected chi connectivity index (χ3v) is 4.57. The first-order valence-corrected chi connectivity index (χ1v) is 9.06. The highest BCUT2D eigenvalue weighted by Crippen LogP contribution is 2.12. The average molecular weight is 314 g/mol. The van der Waals surface area contributed by atoms with Crippen molar-refractivity contribution in [2.24, 2.45) is 0 Å². The molecule has 0 unspecified atom stereocenters. The summed E-state index contributed by atoms with van der Waals surface area (Å²) in [6, 6.07) is 30.8. The minimum Gasteiger partial charge on any atom is -0.0622 e. The highest BCUT2D eigenvalue weighted by atomic mass is 14.0. The van der Waals surface area contributed by atoms with Crippen molar-refractivity contribution in [1.29, 1.82) is 0 Å². The quantitative estimate of drug-likeness (QED) is 0.475. The molecule has 122 valence electrons. The predicted molar refractivity (Wildman–Crippen MR) is 103 cm³/mol. The molecule has 0 heterocycles. The maximum absolute atomic E-state index is 2.31. The van der Waals surface area contributed by atoms with E-state index in [0.29, 0.717) is 0 Å². The molecule has 0 aromatic heterocycles. The molecule has 0 amide bonds. The van der Waals surface area contributed by atoms with Crippen molar-refractivity contribution >= 4 is 0 Å². The summed E-state index contributed by atoms with van der Waals surface area (Å²) < 4.78 is 0. The SMILES string of the molecule is c1ccc(CCCc2ccc(CCCc3ccccc3)cc2)cc1. The van der Waals surface area contributed by atoms with Crippen molar-refractivity contribution in [2.45, 2.75) is 38.5 Å². The van der Waals surface area contributed by atoms with Gasteiger partial charge in [0.2, 0.25) is 0 Å². The Morgan fingerprint density at radius 2 is 0.625 bits per heavy atom. The number of hydrogen-bond donors (Lipinski definition) is 0. The van der Waals surface area contributed by atoms with E-state index in [1.54, 1.807) is 0 Å². The van der Waals surface area contributed by atoms with E-state index in [1.807, 2.05) is 0 Å². The lowest BCUT2D eigenvalue weighted by molar-refractivity contribution is 0.810. The number of hydrogen-bond acceptors (Lipinski definition) is 0. The molecular formula is C24H26. The molecule has 0 N–H and O–H groups in total. The molecule has 0 saturated heterocycles. The van der Waals surface area contributed by atoms with Crippen LogP contribution < -0.4 is 0 Å². The van der Waals surface area contributed by atoms with E-state index in [9.17, 15) is 0 Å². The Bertz CT molecular complexity index is 632. The maximum atomic E-state index is 2.31. The molecule has 0 spiro atoms. The lowest BCUT2D eigenvalue weighted by atomic mass is 10.0. The lowest BCUT2D eigenvalue weighted by Gasteiger charge is -2.05. The van der Waals surface area contributed by atoms with Crippen LogP contribution in [0.1, 0.15) is 35.1 Å². The minimum absolute atomic E-state index is 1.17. The van der Waals surface area contributed by atoms with Crippen LogP contribution in [-0.2, 0) is 25.7 Å². The molecule has 0 fully saturated rings. The zero-order valence-electron chi connectivity index (χ0n) is 14.3. The van der Waals surface area contributed by atoms with E-state index in [1.165, 1.54) is 60.8 Å². The third-order valence-electron chi connectivity index (χ3n) is 4.57. The van der Waals surface area contributed by atoms with Crippen LogP contribution in [0.2, 0.25) is 0 Å². The van der Waals surface area contributed by atoms with Gasteiger partial charge in [0.05, 0.1) is 0 Å². The van der Waals surface area contributed by atoms with Crippen molar-refractivity contribution in [1.82, 2.24) is 0 Å². The fraction of sp³-hybridized carbons (Fsp3) is 0.250. The Labute approximate surface area is 146 Å². The molecular weight excluding hydrogens is 288 g/mol. The molecule has 0 atom stereocenters. The normalized spacial score (nSPS) is 10.7. The summed E-state index contributed by atoms with van der Waals surface area (Å²) in [6.07, 6.45) is 7.10. The summed E-state index contributed by atoms with van der Waals surface area (Å²) in [5, 5.41) is 0. The molecule has 0 aliphatic heterocycles. The van der Waals surface area contributed by atoms with Crippen LogP contribution in [0.5, 0.6) is 0 Å². The molecule has 0 nitrogen and oxygen atoms in total. The lowest BCUT2D eigenvalue weighted by Crippen LogP contribution is -1.92. The summed E-state index contributed by atoms with van der Waals surface area (Å²) in [6.45, 7) is 0. The molecule has 24 heavy (non-hydrogen) atoms. The van der Waals surface area contributed by atoms with Gasteiger partial charge in [-0.05, 0) is 60.8 Å². The van der Waals surface area contributed by atoms with Gasteiger partial charge in [0.1, 0.15) is 0 Å². The second-order valence-corrected chi connectivity index (χ2v) is 6.49. The highest BCUT2D eigenvalue weighted by molar-refractivity contribution is 5.23. The van der Waals surface area contributed by atoms with E-state index in [2.05, 4.69) is 84.9 Å². The summed E-state index contributed by atoms with van der Waals surface area (Å²) >= 11 is 0. The van der Waals surface area contributed by atoms with E-state index in [-0.39, 0.29) is 0 Å². The van der Waals surface area contributed by atoms with Crippen molar-refractivity contribution < 1.29 is 0 Å². The summed E-state index contributed by atoms with van der Waals surface area (Å²) in [7, 11) is 0. The van der Waals surface area contributed by atoms with Gasteiger partial charge in [-0.25, -0.2) is 0 Å². The molecule has 0 saturated carbocycles. The molecule has 3 rings (SSSR count). The van der Waals surface area contributed by atoms with Crippen LogP contribution in [0.25, 0.3) is 0 Å². The first-order valence-electron chi connectivity index (χ1n) is 9.06. The minimum atomic E-state index is 1.17. The van der Waals surface area contributed by atoms with Gasteiger partial charge in [-0.1, -0.05) is 84.9 Å².